The van der Waals surface area contributed by atoms with E-state index in [2.05, 4.69) is 42.2 Å². The first kappa shape index (κ1) is 11.3. The Bertz CT molecular complexity index is 526. The second-order valence-electron chi connectivity index (χ2n) is 4.21. The fourth-order valence-electron chi connectivity index (χ4n) is 2.13. The summed E-state index contributed by atoms with van der Waals surface area (Å²) in [5.74, 6) is 0. The maximum atomic E-state index is 4.36. The maximum absolute atomic E-state index is 4.36. The molecule has 2 aromatic heterocycles. The summed E-state index contributed by atoms with van der Waals surface area (Å²) >= 11 is 5.25. The van der Waals surface area contributed by atoms with Gasteiger partial charge >= 0.3 is 0 Å². The smallest absolute Gasteiger partial charge is 0.115 e. The van der Waals surface area contributed by atoms with Gasteiger partial charge in [0.25, 0.3) is 0 Å². The molecular weight excluding hydrogens is 298 g/mol. The van der Waals surface area contributed by atoms with E-state index in [1.165, 1.54) is 20.6 Å². The predicted octanol–water partition coefficient (Wildman–Crippen LogP) is 2.86. The van der Waals surface area contributed by atoms with E-state index in [4.69, 9.17) is 0 Å². The lowest BCUT2D eigenvalue weighted by Gasteiger charge is -2.27. The van der Waals surface area contributed by atoms with Gasteiger partial charge in [0, 0.05) is 25.8 Å². The zero-order valence-electron chi connectivity index (χ0n) is 9.27. The molecule has 0 aromatic carbocycles. The molecular formula is C12H12BrN3S. The second-order valence-corrected chi connectivity index (χ2v) is 6.50. The van der Waals surface area contributed by atoms with Crippen LogP contribution in [-0.2, 0) is 19.5 Å². The molecule has 0 spiro atoms. The number of hydrogen-bond donors (Lipinski definition) is 0. The molecule has 1 aliphatic heterocycles. The van der Waals surface area contributed by atoms with Crippen LogP contribution in [-0.4, -0.2) is 21.4 Å². The normalized spacial score (nSPS) is 15.8. The highest BCUT2D eigenvalue weighted by molar-refractivity contribution is 9.11. The van der Waals surface area contributed by atoms with Gasteiger partial charge in [-0.15, -0.1) is 11.3 Å². The van der Waals surface area contributed by atoms with Crippen LogP contribution in [0.1, 0.15) is 16.8 Å². The number of halogens is 1. The van der Waals surface area contributed by atoms with E-state index < -0.39 is 0 Å². The highest BCUT2D eigenvalue weighted by Gasteiger charge is 2.17. The molecule has 0 amide bonds. The number of rotatable bonds is 2. The standard InChI is InChI=1S/C12H12BrN3S/c13-12-3-9(7-17-12)5-16-2-1-10-4-14-8-15-11(10)6-16/h3-4,7-8H,1-2,5-6H2. The van der Waals surface area contributed by atoms with Crippen molar-refractivity contribution in [2.24, 2.45) is 0 Å². The summed E-state index contributed by atoms with van der Waals surface area (Å²) in [6.45, 7) is 3.03. The summed E-state index contributed by atoms with van der Waals surface area (Å²) in [5.41, 5.74) is 3.86. The third kappa shape index (κ3) is 2.56. The molecule has 0 saturated carbocycles. The molecule has 3 nitrogen and oxygen atoms in total. The molecule has 0 N–H and O–H groups in total. The lowest BCUT2D eigenvalue weighted by atomic mass is 10.1. The summed E-state index contributed by atoms with van der Waals surface area (Å²) in [6.07, 6.45) is 4.64. The summed E-state index contributed by atoms with van der Waals surface area (Å²) in [5, 5.41) is 2.21. The van der Waals surface area contributed by atoms with Crippen LogP contribution in [0.3, 0.4) is 0 Å². The highest BCUT2D eigenvalue weighted by Crippen LogP contribution is 2.23. The minimum absolute atomic E-state index is 0.936. The average Bonchev–Trinajstić information content (AvgIpc) is 2.75. The van der Waals surface area contributed by atoms with Gasteiger partial charge in [0.2, 0.25) is 0 Å². The van der Waals surface area contributed by atoms with Crippen LogP contribution in [0.5, 0.6) is 0 Å². The first-order valence-electron chi connectivity index (χ1n) is 5.54. The van der Waals surface area contributed by atoms with Crippen LogP contribution in [0.2, 0.25) is 0 Å². The van der Waals surface area contributed by atoms with E-state index in [1.54, 1.807) is 17.7 Å². The number of thiophene rings is 1. The van der Waals surface area contributed by atoms with Crippen molar-refractivity contribution in [2.75, 3.05) is 6.54 Å². The maximum Gasteiger partial charge on any atom is 0.115 e. The van der Waals surface area contributed by atoms with Crippen molar-refractivity contribution < 1.29 is 0 Å². The van der Waals surface area contributed by atoms with Crippen molar-refractivity contribution in [3.05, 3.63) is 44.6 Å². The lowest BCUT2D eigenvalue weighted by Crippen LogP contribution is -2.30. The molecule has 3 rings (SSSR count). The Labute approximate surface area is 113 Å². The van der Waals surface area contributed by atoms with Gasteiger partial charge in [-0.2, -0.15) is 0 Å². The van der Waals surface area contributed by atoms with Crippen molar-refractivity contribution in [3.8, 4) is 0 Å². The van der Waals surface area contributed by atoms with Gasteiger partial charge in [-0.25, -0.2) is 9.97 Å². The van der Waals surface area contributed by atoms with E-state index in [-0.39, 0.29) is 0 Å². The third-order valence-electron chi connectivity index (χ3n) is 2.98. The summed E-state index contributed by atoms with van der Waals surface area (Å²) in [6, 6.07) is 2.19. The third-order valence-corrected chi connectivity index (χ3v) is 4.53. The van der Waals surface area contributed by atoms with E-state index in [1.807, 2.05) is 6.20 Å². The van der Waals surface area contributed by atoms with Crippen molar-refractivity contribution in [1.29, 1.82) is 0 Å². The van der Waals surface area contributed by atoms with Crippen molar-refractivity contribution in [3.63, 3.8) is 0 Å². The van der Waals surface area contributed by atoms with Crippen molar-refractivity contribution in [2.45, 2.75) is 19.5 Å². The fourth-order valence-corrected chi connectivity index (χ4v) is 3.33. The van der Waals surface area contributed by atoms with Gasteiger partial charge in [0.05, 0.1) is 9.48 Å². The molecule has 2 aromatic rings. The Hall–Kier alpha value is -0.780. The topological polar surface area (TPSA) is 29.0 Å². The van der Waals surface area contributed by atoms with Crippen LogP contribution in [0.4, 0.5) is 0 Å². The molecule has 0 radical (unpaired) electrons. The fraction of sp³-hybridized carbons (Fsp3) is 0.333. The first-order valence-corrected chi connectivity index (χ1v) is 7.21. The second kappa shape index (κ2) is 4.84. The van der Waals surface area contributed by atoms with Gasteiger partial charge in [0.1, 0.15) is 6.33 Å². The number of nitrogens with zero attached hydrogens (tertiary/aromatic N) is 3. The number of aromatic nitrogens is 2. The molecule has 1 aliphatic rings. The molecule has 0 bridgehead atoms. The Morgan fingerprint density at radius 3 is 3.24 bits per heavy atom. The van der Waals surface area contributed by atoms with Crippen LogP contribution in [0, 0.1) is 0 Å². The lowest BCUT2D eigenvalue weighted by molar-refractivity contribution is 0.241. The van der Waals surface area contributed by atoms with Crippen molar-refractivity contribution in [1.82, 2.24) is 14.9 Å². The zero-order valence-corrected chi connectivity index (χ0v) is 11.7. The molecule has 0 aliphatic carbocycles. The quantitative estimate of drug-likeness (QED) is 0.854. The summed E-state index contributed by atoms with van der Waals surface area (Å²) < 4.78 is 1.20. The largest absolute Gasteiger partial charge is 0.293 e. The van der Waals surface area contributed by atoms with E-state index in [0.717, 1.165) is 26.1 Å². The molecule has 0 atom stereocenters. The zero-order chi connectivity index (χ0) is 11.7. The first-order chi connectivity index (χ1) is 8.31. The SMILES string of the molecule is Brc1cc(CN2CCc3cncnc3C2)cs1. The molecule has 88 valence electrons. The number of fused-ring (bicyclic) bond motifs is 1. The molecule has 5 heteroatoms. The van der Waals surface area contributed by atoms with Crippen LogP contribution < -0.4 is 0 Å². The van der Waals surface area contributed by atoms with E-state index in [0.29, 0.717) is 0 Å². The van der Waals surface area contributed by atoms with Crippen LogP contribution >= 0.6 is 27.3 Å². The van der Waals surface area contributed by atoms with E-state index in [9.17, 15) is 0 Å². The average molecular weight is 310 g/mol. The van der Waals surface area contributed by atoms with E-state index >= 15 is 0 Å². The molecule has 17 heavy (non-hydrogen) atoms. The monoisotopic (exact) mass is 309 g/mol. The minimum atomic E-state index is 0.936. The Morgan fingerprint density at radius 1 is 1.47 bits per heavy atom. The van der Waals surface area contributed by atoms with Gasteiger partial charge in [-0.3, -0.25) is 4.90 Å². The van der Waals surface area contributed by atoms with Gasteiger partial charge in [-0.1, -0.05) is 0 Å². The predicted molar refractivity (Wildman–Crippen MR) is 71.9 cm³/mol. The van der Waals surface area contributed by atoms with Crippen molar-refractivity contribution >= 4 is 27.3 Å². The number of hydrogen-bond acceptors (Lipinski definition) is 4. The van der Waals surface area contributed by atoms with Crippen LogP contribution in [0.25, 0.3) is 0 Å². The van der Waals surface area contributed by atoms with Gasteiger partial charge in [-0.05, 0) is 44.9 Å². The molecule has 0 fully saturated rings. The molecule has 0 unspecified atom stereocenters. The Morgan fingerprint density at radius 2 is 2.41 bits per heavy atom. The van der Waals surface area contributed by atoms with Gasteiger partial charge in [0.15, 0.2) is 0 Å². The van der Waals surface area contributed by atoms with Crippen LogP contribution in [0.15, 0.2) is 27.8 Å². The minimum Gasteiger partial charge on any atom is -0.293 e. The Kier molecular flexibility index (Phi) is 3.22. The molecule has 3 heterocycles. The summed E-state index contributed by atoms with van der Waals surface area (Å²) in [7, 11) is 0. The highest BCUT2D eigenvalue weighted by atomic mass is 79.9. The molecule has 0 saturated heterocycles. The summed E-state index contributed by atoms with van der Waals surface area (Å²) in [4.78, 5) is 10.9. The Balaban J connectivity index is 1.72. The van der Waals surface area contributed by atoms with Gasteiger partial charge < -0.3 is 0 Å².